The Morgan fingerprint density at radius 1 is 0.486 bits per heavy atom. The largest absolute Gasteiger partial charge is 0.340 e. The van der Waals surface area contributed by atoms with E-state index in [0.717, 1.165) is 0 Å². The summed E-state index contributed by atoms with van der Waals surface area (Å²) in [5.41, 5.74) is 2.61. The molecule has 2 N–H and O–H groups in total. The summed E-state index contributed by atoms with van der Waals surface area (Å²) < 4.78 is 0. The Labute approximate surface area is 199 Å². The number of anilines is 1. The normalized spacial score (nSPS) is 13.5. The van der Waals surface area contributed by atoms with Crippen LogP contribution in [-0.4, -0.2) is 29.0 Å². The molecule has 0 fully saturated rings. The van der Waals surface area contributed by atoms with Gasteiger partial charge in [-0.15, -0.1) is 0 Å². The summed E-state index contributed by atoms with van der Waals surface area (Å²) in [5.74, 6) is -1.36. The van der Waals surface area contributed by atoms with E-state index in [-0.39, 0.29) is 62.5 Å². The number of amidine groups is 1. The molecule has 0 heterocycles. The van der Waals surface area contributed by atoms with E-state index >= 15 is 0 Å². The molecule has 2 aliphatic carbocycles. The number of ketones is 4. The standard InChI is InChI=1S/C29H16N2O4/c30-29(21-13-5-11-19-23(21)27(34)17-9-3-1-7-15(17)25(19)32)31-22-14-6-12-20-24(22)28(35)18-10-4-2-8-16(18)26(20)33/h1-14H,(H2,30,31). The van der Waals surface area contributed by atoms with Crippen molar-refractivity contribution in [1.29, 1.82) is 5.41 Å². The van der Waals surface area contributed by atoms with Crippen LogP contribution in [0, 0.1) is 5.41 Å². The van der Waals surface area contributed by atoms with Crippen LogP contribution in [0.2, 0.25) is 0 Å². The van der Waals surface area contributed by atoms with E-state index in [1.807, 2.05) is 0 Å². The van der Waals surface area contributed by atoms with Gasteiger partial charge in [0.05, 0.1) is 11.3 Å². The monoisotopic (exact) mass is 456 g/mol. The number of fused-ring (bicyclic) bond motifs is 4. The van der Waals surface area contributed by atoms with Gasteiger partial charge in [0.25, 0.3) is 0 Å². The van der Waals surface area contributed by atoms with Crippen LogP contribution in [0.5, 0.6) is 0 Å². The zero-order valence-corrected chi connectivity index (χ0v) is 18.2. The van der Waals surface area contributed by atoms with E-state index in [4.69, 9.17) is 5.41 Å². The van der Waals surface area contributed by atoms with Crippen LogP contribution < -0.4 is 5.32 Å². The SMILES string of the molecule is N=C(Nc1cccc2c1C(=O)c1ccccc1C2=O)c1cccc2c1C(=O)c1ccccc1C2=O. The highest BCUT2D eigenvalue weighted by Crippen LogP contribution is 2.33. The Bertz CT molecular complexity index is 1670. The molecular weight excluding hydrogens is 440 g/mol. The van der Waals surface area contributed by atoms with Gasteiger partial charge in [-0.2, -0.15) is 0 Å². The van der Waals surface area contributed by atoms with Crippen molar-refractivity contribution in [3.63, 3.8) is 0 Å². The summed E-state index contributed by atoms with van der Waals surface area (Å²) >= 11 is 0. The first kappa shape index (κ1) is 20.6. The van der Waals surface area contributed by atoms with Crippen LogP contribution in [-0.2, 0) is 0 Å². The number of hydrogen-bond acceptors (Lipinski definition) is 5. The second kappa shape index (κ2) is 7.53. The van der Waals surface area contributed by atoms with Crippen molar-refractivity contribution in [2.75, 3.05) is 5.32 Å². The lowest BCUT2D eigenvalue weighted by Crippen LogP contribution is -2.27. The number of carbonyl (C=O) groups is 4. The summed E-state index contributed by atoms with van der Waals surface area (Å²) in [6.45, 7) is 0. The molecule has 2 aliphatic rings. The maximum Gasteiger partial charge on any atom is 0.196 e. The zero-order valence-electron chi connectivity index (χ0n) is 18.2. The highest BCUT2D eigenvalue weighted by molar-refractivity contribution is 6.33. The average molecular weight is 456 g/mol. The molecule has 35 heavy (non-hydrogen) atoms. The first-order chi connectivity index (χ1) is 17.0. The van der Waals surface area contributed by atoms with Gasteiger partial charge in [0.2, 0.25) is 0 Å². The van der Waals surface area contributed by atoms with Gasteiger partial charge in [-0.25, -0.2) is 0 Å². The van der Waals surface area contributed by atoms with Crippen molar-refractivity contribution < 1.29 is 19.2 Å². The van der Waals surface area contributed by atoms with Crippen LogP contribution in [0.15, 0.2) is 84.9 Å². The predicted molar refractivity (Wildman–Crippen MR) is 130 cm³/mol. The highest BCUT2D eigenvalue weighted by atomic mass is 16.1. The van der Waals surface area contributed by atoms with Gasteiger partial charge >= 0.3 is 0 Å². The minimum atomic E-state index is -0.340. The van der Waals surface area contributed by atoms with Gasteiger partial charge in [0.15, 0.2) is 23.1 Å². The molecule has 6 nitrogen and oxygen atoms in total. The molecule has 0 saturated heterocycles. The van der Waals surface area contributed by atoms with Crippen molar-refractivity contribution >= 4 is 34.7 Å². The van der Waals surface area contributed by atoms with Crippen LogP contribution >= 0.6 is 0 Å². The van der Waals surface area contributed by atoms with Gasteiger partial charge in [-0.1, -0.05) is 78.9 Å². The number of nitrogens with one attached hydrogen (secondary N) is 2. The fourth-order valence-corrected chi connectivity index (χ4v) is 4.80. The van der Waals surface area contributed by atoms with E-state index in [9.17, 15) is 19.2 Å². The lowest BCUT2D eigenvalue weighted by molar-refractivity contribution is 0.0979. The fraction of sp³-hybridized carbons (Fsp3) is 0. The molecular formula is C29H16N2O4. The highest BCUT2D eigenvalue weighted by Gasteiger charge is 2.34. The van der Waals surface area contributed by atoms with Crippen LogP contribution in [0.4, 0.5) is 5.69 Å². The Hall–Kier alpha value is -4.97. The second-order valence-corrected chi connectivity index (χ2v) is 8.36. The van der Waals surface area contributed by atoms with E-state index < -0.39 is 0 Å². The van der Waals surface area contributed by atoms with Gasteiger partial charge in [0, 0.05) is 44.5 Å². The topological polar surface area (TPSA) is 104 Å². The fourth-order valence-electron chi connectivity index (χ4n) is 4.80. The van der Waals surface area contributed by atoms with E-state index in [1.54, 1.807) is 84.9 Å². The third-order valence-electron chi connectivity index (χ3n) is 6.43. The molecule has 0 saturated carbocycles. The maximum absolute atomic E-state index is 13.3. The molecule has 0 radical (unpaired) electrons. The third kappa shape index (κ3) is 2.93. The van der Waals surface area contributed by atoms with E-state index in [2.05, 4.69) is 5.32 Å². The second-order valence-electron chi connectivity index (χ2n) is 8.36. The Kier molecular flexibility index (Phi) is 4.44. The number of benzene rings is 4. The third-order valence-corrected chi connectivity index (χ3v) is 6.43. The molecule has 0 amide bonds. The van der Waals surface area contributed by atoms with Gasteiger partial charge < -0.3 is 5.32 Å². The summed E-state index contributed by atoms with van der Waals surface area (Å²) in [7, 11) is 0. The number of rotatable bonds is 2. The van der Waals surface area contributed by atoms with E-state index in [1.165, 1.54) is 0 Å². The lowest BCUT2D eigenvalue weighted by atomic mass is 9.81. The first-order valence-corrected chi connectivity index (χ1v) is 11.0. The molecule has 4 aromatic rings. The first-order valence-electron chi connectivity index (χ1n) is 11.0. The molecule has 0 aliphatic heterocycles. The van der Waals surface area contributed by atoms with Crippen molar-refractivity contribution in [2.45, 2.75) is 0 Å². The zero-order chi connectivity index (χ0) is 24.3. The molecule has 0 spiro atoms. The summed E-state index contributed by atoms with van der Waals surface area (Å²) in [4.78, 5) is 52.7. The Balaban J connectivity index is 1.43. The molecule has 0 unspecified atom stereocenters. The molecule has 6 heteroatoms. The predicted octanol–water partition coefficient (Wildman–Crippen LogP) is 4.67. The van der Waals surface area contributed by atoms with Crippen molar-refractivity contribution in [1.82, 2.24) is 0 Å². The molecule has 6 rings (SSSR count). The molecule has 0 aromatic heterocycles. The van der Waals surface area contributed by atoms with Crippen LogP contribution in [0.3, 0.4) is 0 Å². The number of carbonyl (C=O) groups excluding carboxylic acids is 4. The van der Waals surface area contributed by atoms with Gasteiger partial charge in [-0.05, 0) is 6.07 Å². The van der Waals surface area contributed by atoms with E-state index in [0.29, 0.717) is 22.3 Å². The van der Waals surface area contributed by atoms with Crippen molar-refractivity contribution in [3.05, 3.63) is 135 Å². The molecule has 0 atom stereocenters. The van der Waals surface area contributed by atoms with Crippen molar-refractivity contribution in [3.8, 4) is 0 Å². The quantitative estimate of drug-likeness (QED) is 0.291. The summed E-state index contributed by atoms with van der Waals surface area (Å²) in [6, 6.07) is 22.9. The average Bonchev–Trinajstić information content (AvgIpc) is 2.90. The molecule has 166 valence electrons. The minimum Gasteiger partial charge on any atom is -0.340 e. The van der Waals surface area contributed by atoms with Crippen LogP contribution in [0.1, 0.15) is 69.2 Å². The number of hydrogen-bond donors (Lipinski definition) is 2. The van der Waals surface area contributed by atoms with Gasteiger partial charge in [-0.3, -0.25) is 24.6 Å². The van der Waals surface area contributed by atoms with Crippen molar-refractivity contribution in [2.24, 2.45) is 0 Å². The molecule has 4 aromatic carbocycles. The Morgan fingerprint density at radius 2 is 0.914 bits per heavy atom. The molecule has 0 bridgehead atoms. The van der Waals surface area contributed by atoms with Crippen LogP contribution in [0.25, 0.3) is 0 Å². The maximum atomic E-state index is 13.3. The summed E-state index contributed by atoms with van der Waals surface area (Å²) in [6.07, 6.45) is 0. The van der Waals surface area contributed by atoms with Gasteiger partial charge in [0.1, 0.15) is 5.84 Å². The minimum absolute atomic E-state index is 0.145. The Morgan fingerprint density at radius 3 is 1.49 bits per heavy atom. The summed E-state index contributed by atoms with van der Waals surface area (Å²) in [5, 5.41) is 11.7. The smallest absolute Gasteiger partial charge is 0.196 e. The lowest BCUT2D eigenvalue weighted by Gasteiger charge is -2.23.